The van der Waals surface area contributed by atoms with E-state index in [9.17, 15) is 4.39 Å². The number of benzene rings is 1. The van der Waals surface area contributed by atoms with Crippen LogP contribution in [0.25, 0.3) is 11.4 Å². The molecule has 2 N–H and O–H groups in total. The van der Waals surface area contributed by atoms with Crippen LogP contribution in [0, 0.1) is 5.82 Å². The lowest BCUT2D eigenvalue weighted by atomic mass is 10.2. The van der Waals surface area contributed by atoms with Gasteiger partial charge in [0.1, 0.15) is 10.8 Å². The summed E-state index contributed by atoms with van der Waals surface area (Å²) in [6, 6.07) is 6.55. The molecule has 82 valence electrons. The predicted molar refractivity (Wildman–Crippen MR) is 60.6 cm³/mol. The minimum atomic E-state index is -0.267. The summed E-state index contributed by atoms with van der Waals surface area (Å²) in [5, 5.41) is 0.965. The number of halogens is 1. The van der Waals surface area contributed by atoms with Crippen molar-refractivity contribution in [3.8, 4) is 11.4 Å². The molecule has 2 unspecified atom stereocenters. The van der Waals surface area contributed by atoms with Gasteiger partial charge in [0.05, 0.1) is 0 Å². The number of rotatable bonds is 2. The van der Waals surface area contributed by atoms with Crippen LogP contribution in [-0.4, -0.2) is 15.4 Å². The van der Waals surface area contributed by atoms with Gasteiger partial charge in [0.15, 0.2) is 5.82 Å². The van der Waals surface area contributed by atoms with Crippen LogP contribution in [0.3, 0.4) is 0 Å². The fourth-order valence-electron chi connectivity index (χ4n) is 1.63. The standard InChI is InChI=1S/C11H10FN3S/c12-7-3-1-2-6(4-7)10-14-11(16-15-10)8-5-9(8)13/h1-4,8-9H,5,13H2. The Kier molecular flexibility index (Phi) is 2.22. The van der Waals surface area contributed by atoms with E-state index in [1.54, 1.807) is 6.07 Å². The van der Waals surface area contributed by atoms with E-state index in [0.29, 0.717) is 11.7 Å². The molecular weight excluding hydrogens is 225 g/mol. The van der Waals surface area contributed by atoms with Gasteiger partial charge < -0.3 is 5.73 Å². The van der Waals surface area contributed by atoms with E-state index >= 15 is 0 Å². The molecule has 1 saturated carbocycles. The van der Waals surface area contributed by atoms with E-state index in [2.05, 4.69) is 9.36 Å². The molecule has 3 nitrogen and oxygen atoms in total. The molecule has 1 aromatic carbocycles. The maximum atomic E-state index is 13.0. The third-order valence-corrected chi connectivity index (χ3v) is 3.53. The number of nitrogens with zero attached hydrogens (tertiary/aromatic N) is 2. The summed E-state index contributed by atoms with van der Waals surface area (Å²) in [5.41, 5.74) is 6.47. The van der Waals surface area contributed by atoms with E-state index in [1.807, 2.05) is 6.07 Å². The van der Waals surface area contributed by atoms with Gasteiger partial charge in [0.2, 0.25) is 0 Å². The van der Waals surface area contributed by atoms with Crippen molar-refractivity contribution in [3.63, 3.8) is 0 Å². The quantitative estimate of drug-likeness (QED) is 0.867. The van der Waals surface area contributed by atoms with Gasteiger partial charge >= 0.3 is 0 Å². The lowest BCUT2D eigenvalue weighted by Crippen LogP contribution is -2.00. The van der Waals surface area contributed by atoms with Crippen LogP contribution in [0.5, 0.6) is 0 Å². The summed E-state index contributed by atoms with van der Waals surface area (Å²) >= 11 is 1.36. The van der Waals surface area contributed by atoms with Crippen molar-refractivity contribution in [1.29, 1.82) is 0 Å². The highest BCUT2D eigenvalue weighted by molar-refractivity contribution is 7.05. The summed E-state index contributed by atoms with van der Waals surface area (Å²) < 4.78 is 17.3. The van der Waals surface area contributed by atoms with E-state index in [0.717, 1.165) is 17.0 Å². The summed E-state index contributed by atoms with van der Waals surface area (Å²) in [5.74, 6) is 0.690. The Morgan fingerprint density at radius 3 is 2.94 bits per heavy atom. The Hall–Kier alpha value is -1.33. The van der Waals surface area contributed by atoms with Gasteiger partial charge in [-0.15, -0.1) is 0 Å². The second-order valence-electron chi connectivity index (χ2n) is 3.97. The second-order valence-corrected chi connectivity index (χ2v) is 4.76. The highest BCUT2D eigenvalue weighted by atomic mass is 32.1. The van der Waals surface area contributed by atoms with Crippen LogP contribution in [0.2, 0.25) is 0 Å². The Bertz CT molecular complexity index is 525. The maximum absolute atomic E-state index is 13.0. The molecule has 0 radical (unpaired) electrons. The fraction of sp³-hybridized carbons (Fsp3) is 0.273. The third-order valence-electron chi connectivity index (χ3n) is 2.68. The first-order valence-corrected chi connectivity index (χ1v) is 5.86. The van der Waals surface area contributed by atoms with Gasteiger partial charge in [0.25, 0.3) is 0 Å². The molecule has 2 aromatic rings. The fourth-order valence-corrected chi connectivity index (χ4v) is 2.49. The predicted octanol–water partition coefficient (Wildman–Crippen LogP) is 2.16. The van der Waals surface area contributed by atoms with Crippen LogP contribution >= 0.6 is 11.5 Å². The zero-order chi connectivity index (χ0) is 11.1. The van der Waals surface area contributed by atoms with E-state index in [1.165, 1.54) is 23.7 Å². The molecule has 1 fully saturated rings. The van der Waals surface area contributed by atoms with Gasteiger partial charge in [-0.2, -0.15) is 4.37 Å². The molecule has 1 aliphatic rings. The van der Waals surface area contributed by atoms with Crippen molar-refractivity contribution < 1.29 is 4.39 Å². The van der Waals surface area contributed by atoms with Gasteiger partial charge in [-0.3, -0.25) is 0 Å². The Balaban J connectivity index is 1.92. The molecule has 1 heterocycles. The normalized spacial score (nSPS) is 23.4. The lowest BCUT2D eigenvalue weighted by molar-refractivity contribution is 0.628. The Morgan fingerprint density at radius 1 is 1.44 bits per heavy atom. The van der Waals surface area contributed by atoms with Gasteiger partial charge in [-0.1, -0.05) is 12.1 Å². The molecular formula is C11H10FN3S. The minimum absolute atomic E-state index is 0.230. The SMILES string of the molecule is NC1CC1c1nc(-c2cccc(F)c2)ns1. The molecule has 2 atom stereocenters. The first kappa shape index (κ1) is 9.86. The first-order valence-electron chi connectivity index (χ1n) is 5.09. The van der Waals surface area contributed by atoms with E-state index in [-0.39, 0.29) is 11.9 Å². The molecule has 16 heavy (non-hydrogen) atoms. The largest absolute Gasteiger partial charge is 0.327 e. The van der Waals surface area contributed by atoms with Gasteiger partial charge in [-0.25, -0.2) is 9.37 Å². The molecule has 0 spiro atoms. The average Bonchev–Trinajstić information content (AvgIpc) is 2.81. The van der Waals surface area contributed by atoms with Crippen molar-refractivity contribution in [2.45, 2.75) is 18.4 Å². The van der Waals surface area contributed by atoms with Crippen molar-refractivity contribution in [2.24, 2.45) is 5.73 Å². The third kappa shape index (κ3) is 1.72. The summed E-state index contributed by atoms with van der Waals surface area (Å²) in [4.78, 5) is 4.39. The van der Waals surface area contributed by atoms with Crippen molar-refractivity contribution in [2.75, 3.05) is 0 Å². The van der Waals surface area contributed by atoms with Crippen molar-refractivity contribution in [3.05, 3.63) is 35.1 Å². The Labute approximate surface area is 96.3 Å². The number of nitrogens with two attached hydrogens (primary N) is 1. The molecule has 5 heteroatoms. The van der Waals surface area contributed by atoms with E-state index < -0.39 is 0 Å². The summed E-state index contributed by atoms with van der Waals surface area (Å²) in [6.45, 7) is 0. The monoisotopic (exact) mass is 235 g/mol. The zero-order valence-electron chi connectivity index (χ0n) is 8.43. The maximum Gasteiger partial charge on any atom is 0.173 e. The molecule has 1 aromatic heterocycles. The highest BCUT2D eigenvalue weighted by Gasteiger charge is 2.37. The molecule has 0 amide bonds. The molecule has 3 rings (SSSR count). The topological polar surface area (TPSA) is 51.8 Å². The average molecular weight is 235 g/mol. The number of hydrogen-bond donors (Lipinski definition) is 1. The lowest BCUT2D eigenvalue weighted by Gasteiger charge is -1.94. The second kappa shape index (κ2) is 3.61. The molecule has 1 aliphatic carbocycles. The van der Waals surface area contributed by atoms with Crippen LogP contribution in [-0.2, 0) is 0 Å². The molecule has 0 bridgehead atoms. The van der Waals surface area contributed by atoms with Gasteiger partial charge in [0, 0.05) is 17.5 Å². The highest BCUT2D eigenvalue weighted by Crippen LogP contribution is 2.40. The Morgan fingerprint density at radius 2 is 2.25 bits per heavy atom. The summed E-state index contributed by atoms with van der Waals surface area (Å²) in [7, 11) is 0. The summed E-state index contributed by atoms with van der Waals surface area (Å²) in [6.07, 6.45) is 0.984. The zero-order valence-corrected chi connectivity index (χ0v) is 9.25. The van der Waals surface area contributed by atoms with Crippen molar-refractivity contribution >= 4 is 11.5 Å². The molecule has 0 aliphatic heterocycles. The first-order chi connectivity index (χ1) is 7.74. The van der Waals surface area contributed by atoms with Crippen LogP contribution in [0.1, 0.15) is 17.3 Å². The smallest absolute Gasteiger partial charge is 0.173 e. The van der Waals surface area contributed by atoms with Gasteiger partial charge in [-0.05, 0) is 30.1 Å². The minimum Gasteiger partial charge on any atom is -0.327 e. The van der Waals surface area contributed by atoms with Crippen LogP contribution in [0.15, 0.2) is 24.3 Å². The van der Waals surface area contributed by atoms with E-state index in [4.69, 9.17) is 5.73 Å². The van der Waals surface area contributed by atoms with Crippen molar-refractivity contribution in [1.82, 2.24) is 9.36 Å². The number of aromatic nitrogens is 2. The number of hydrogen-bond acceptors (Lipinski definition) is 4. The van der Waals surface area contributed by atoms with Crippen LogP contribution in [0.4, 0.5) is 4.39 Å². The van der Waals surface area contributed by atoms with Crippen LogP contribution < -0.4 is 5.73 Å². The molecule has 0 saturated heterocycles.